The van der Waals surface area contributed by atoms with Gasteiger partial charge in [-0.25, -0.2) is 14.8 Å². The molecule has 6 rings (SSSR count). The second kappa shape index (κ2) is 9.67. The summed E-state index contributed by atoms with van der Waals surface area (Å²) >= 11 is 0. The summed E-state index contributed by atoms with van der Waals surface area (Å²) in [4.78, 5) is 33.8. The third-order valence-corrected chi connectivity index (χ3v) is 7.55. The smallest absolute Gasteiger partial charge is 0.378 e. The minimum atomic E-state index is -0.637. The molecule has 3 aliphatic rings. The van der Waals surface area contributed by atoms with E-state index in [1.165, 1.54) is 25.7 Å². The number of hydrogen-bond donors (Lipinski definition) is 2. The van der Waals surface area contributed by atoms with Crippen LogP contribution in [0.4, 0.5) is 10.7 Å². The van der Waals surface area contributed by atoms with Crippen molar-refractivity contribution in [1.82, 2.24) is 30.3 Å². The van der Waals surface area contributed by atoms with Crippen molar-refractivity contribution in [3.63, 3.8) is 0 Å². The van der Waals surface area contributed by atoms with Gasteiger partial charge in [-0.1, -0.05) is 43.5 Å². The normalized spacial score (nSPS) is 24.7. The molecule has 2 N–H and O–H groups in total. The molecule has 1 aromatic carbocycles. The number of hydroxylamine groups is 1. The number of carbonyl (C=O) groups excluding carboxylic acids is 1. The summed E-state index contributed by atoms with van der Waals surface area (Å²) in [6, 6.07) is 8.33. The molecule has 2 aliphatic heterocycles. The number of carbonyl (C=O) groups is 1. The number of rotatable bonds is 5. The fourth-order valence-electron chi connectivity index (χ4n) is 5.52. The Balaban J connectivity index is 1.52. The first kappa shape index (κ1) is 23.2. The number of nitrogens with zero attached hydrogens (tertiary/aromatic N) is 5. The topological polar surface area (TPSA) is 106 Å². The van der Waals surface area contributed by atoms with E-state index in [1.54, 1.807) is 0 Å². The molecular formula is C26H33N7O3. The van der Waals surface area contributed by atoms with Gasteiger partial charge in [0.15, 0.2) is 17.6 Å². The average molecular weight is 492 g/mol. The molecule has 1 aliphatic carbocycles. The number of anilines is 1. The lowest BCUT2D eigenvalue weighted by Crippen LogP contribution is -2.38. The number of morpholine rings is 1. The van der Waals surface area contributed by atoms with Crippen LogP contribution in [-0.2, 0) is 16.1 Å². The zero-order valence-electron chi connectivity index (χ0n) is 20.9. The van der Waals surface area contributed by atoms with E-state index in [0.29, 0.717) is 30.6 Å². The van der Waals surface area contributed by atoms with Crippen molar-refractivity contribution in [1.29, 1.82) is 0 Å². The van der Waals surface area contributed by atoms with Gasteiger partial charge in [0.1, 0.15) is 11.2 Å². The molecule has 1 amide bonds. The fourth-order valence-corrected chi connectivity index (χ4v) is 5.52. The largest absolute Gasteiger partial charge is 0.427 e. The summed E-state index contributed by atoms with van der Waals surface area (Å²) in [5.41, 5.74) is 7.22. The van der Waals surface area contributed by atoms with E-state index in [-0.39, 0.29) is 0 Å². The van der Waals surface area contributed by atoms with Gasteiger partial charge in [0.25, 0.3) is 0 Å². The van der Waals surface area contributed by atoms with E-state index >= 15 is 0 Å². The number of ether oxygens (including phenoxy) is 1. The first-order valence-electron chi connectivity index (χ1n) is 13.0. The van der Waals surface area contributed by atoms with Gasteiger partial charge in [-0.3, -0.25) is 5.32 Å². The quantitative estimate of drug-likeness (QED) is 0.556. The van der Waals surface area contributed by atoms with Crippen molar-refractivity contribution in [3.05, 3.63) is 35.7 Å². The molecule has 4 heterocycles. The van der Waals surface area contributed by atoms with Gasteiger partial charge in [0.2, 0.25) is 5.95 Å². The predicted octanol–water partition coefficient (Wildman–Crippen LogP) is 3.71. The highest BCUT2D eigenvalue weighted by atomic mass is 16.7. The molecule has 3 fully saturated rings. The van der Waals surface area contributed by atoms with E-state index in [1.807, 2.05) is 6.07 Å². The van der Waals surface area contributed by atoms with Crippen molar-refractivity contribution < 1.29 is 14.4 Å². The maximum absolute atomic E-state index is 11.7. The van der Waals surface area contributed by atoms with Gasteiger partial charge < -0.3 is 19.0 Å². The minimum Gasteiger partial charge on any atom is -0.378 e. The Morgan fingerprint density at radius 1 is 1.08 bits per heavy atom. The molecule has 190 valence electrons. The number of imidazole rings is 1. The molecule has 1 atom stereocenters. The van der Waals surface area contributed by atoms with E-state index in [0.717, 1.165) is 53.8 Å². The molecule has 1 saturated carbocycles. The van der Waals surface area contributed by atoms with Crippen molar-refractivity contribution in [3.8, 4) is 11.3 Å². The first-order valence-corrected chi connectivity index (χ1v) is 13.0. The van der Waals surface area contributed by atoms with E-state index in [9.17, 15) is 4.79 Å². The maximum Gasteiger partial charge on any atom is 0.427 e. The van der Waals surface area contributed by atoms with E-state index < -0.39 is 12.3 Å². The fraction of sp³-hybridized carbons (Fsp3) is 0.538. The highest BCUT2D eigenvalue weighted by Crippen LogP contribution is 2.36. The van der Waals surface area contributed by atoms with E-state index in [4.69, 9.17) is 24.5 Å². The highest BCUT2D eigenvalue weighted by Gasteiger charge is 2.31. The minimum absolute atomic E-state index is 0.425. The monoisotopic (exact) mass is 491 g/mol. The Bertz CT molecular complexity index is 1260. The van der Waals surface area contributed by atoms with Crippen molar-refractivity contribution in [2.24, 2.45) is 11.8 Å². The van der Waals surface area contributed by atoms with Gasteiger partial charge in [-0.2, -0.15) is 4.98 Å². The lowest BCUT2D eigenvalue weighted by Gasteiger charge is -2.31. The zero-order chi connectivity index (χ0) is 24.6. The molecule has 10 heteroatoms. The lowest BCUT2D eigenvalue weighted by atomic mass is 9.83. The zero-order valence-corrected chi connectivity index (χ0v) is 20.9. The number of benzene rings is 1. The van der Waals surface area contributed by atoms with Crippen LogP contribution in [-0.4, -0.2) is 51.9 Å². The van der Waals surface area contributed by atoms with Gasteiger partial charge in [-0.05, 0) is 37.7 Å². The first-order chi connectivity index (χ1) is 17.5. The standard InChI is InChI=1S/C26H33N7O3/c1-16-6-8-18(9-7-16)15-33-21-20(19-5-3-4-17(2)14-19)27-23(24-30-26(34)36-31-24)28-22(21)29-25(33)32-10-12-35-13-11-32/h3-5,14,16,18,24,31H,6-13,15H2,1-2H3,(H,30,34). The summed E-state index contributed by atoms with van der Waals surface area (Å²) in [5.74, 6) is 2.73. The molecule has 0 radical (unpaired) electrons. The summed E-state index contributed by atoms with van der Waals surface area (Å²) in [6.07, 6.45) is 3.79. The molecule has 1 unspecified atom stereocenters. The Hall–Kier alpha value is -3.24. The summed E-state index contributed by atoms with van der Waals surface area (Å²) in [7, 11) is 0. The SMILES string of the molecule is Cc1cccc(-c2nc(C3NOC(=O)N3)nc3nc(N4CCOCC4)n(CC4CCC(C)CC4)c23)c1. The van der Waals surface area contributed by atoms with Gasteiger partial charge in [0, 0.05) is 25.2 Å². The predicted molar refractivity (Wildman–Crippen MR) is 135 cm³/mol. The van der Waals surface area contributed by atoms with Crippen molar-refractivity contribution in [2.45, 2.75) is 52.2 Å². The van der Waals surface area contributed by atoms with Crippen molar-refractivity contribution in [2.75, 3.05) is 31.2 Å². The van der Waals surface area contributed by atoms with Crippen LogP contribution in [0, 0.1) is 18.8 Å². The van der Waals surface area contributed by atoms with Crippen LogP contribution in [0.25, 0.3) is 22.4 Å². The van der Waals surface area contributed by atoms with Gasteiger partial charge >= 0.3 is 6.09 Å². The van der Waals surface area contributed by atoms with Crippen LogP contribution >= 0.6 is 0 Å². The number of amides is 1. The molecule has 2 aromatic heterocycles. The second-order valence-corrected chi connectivity index (χ2v) is 10.3. The molecule has 0 bridgehead atoms. The number of fused-ring (bicyclic) bond motifs is 1. The lowest BCUT2D eigenvalue weighted by molar-refractivity contribution is 0.120. The van der Waals surface area contributed by atoms with Crippen LogP contribution in [0.3, 0.4) is 0 Å². The second-order valence-electron chi connectivity index (χ2n) is 10.3. The van der Waals surface area contributed by atoms with Crippen LogP contribution < -0.4 is 15.7 Å². The Kier molecular flexibility index (Phi) is 6.22. The third-order valence-electron chi connectivity index (χ3n) is 7.55. The van der Waals surface area contributed by atoms with Crippen LogP contribution in [0.15, 0.2) is 24.3 Å². The Labute approximate surface area is 210 Å². The van der Waals surface area contributed by atoms with Crippen LogP contribution in [0.5, 0.6) is 0 Å². The van der Waals surface area contributed by atoms with Gasteiger partial charge in [0.05, 0.1) is 13.2 Å². The summed E-state index contributed by atoms with van der Waals surface area (Å²) < 4.78 is 7.98. The number of hydrogen-bond acceptors (Lipinski definition) is 8. The molecule has 10 nitrogen and oxygen atoms in total. The van der Waals surface area contributed by atoms with Crippen LogP contribution in [0.1, 0.15) is 50.2 Å². The number of nitrogens with one attached hydrogen (secondary N) is 2. The van der Waals surface area contributed by atoms with Crippen molar-refractivity contribution >= 4 is 23.2 Å². The highest BCUT2D eigenvalue weighted by molar-refractivity contribution is 5.90. The average Bonchev–Trinajstić information content (AvgIpc) is 3.49. The summed E-state index contributed by atoms with van der Waals surface area (Å²) in [6.45, 7) is 8.27. The van der Waals surface area contributed by atoms with Gasteiger partial charge in [-0.15, -0.1) is 5.48 Å². The molecule has 3 aromatic rings. The molecular weight excluding hydrogens is 458 g/mol. The molecule has 36 heavy (non-hydrogen) atoms. The van der Waals surface area contributed by atoms with Crippen LogP contribution in [0.2, 0.25) is 0 Å². The van der Waals surface area contributed by atoms with E-state index in [2.05, 4.69) is 52.3 Å². The number of aryl methyl sites for hydroxylation is 1. The number of aromatic nitrogens is 4. The molecule has 0 spiro atoms. The Morgan fingerprint density at radius 2 is 1.89 bits per heavy atom. The summed E-state index contributed by atoms with van der Waals surface area (Å²) in [5, 5.41) is 2.72. The Morgan fingerprint density at radius 3 is 2.61 bits per heavy atom. The maximum atomic E-state index is 11.7. The molecule has 2 saturated heterocycles. The third kappa shape index (κ3) is 4.51.